The first-order valence-electron chi connectivity index (χ1n) is 15.5. The van der Waals surface area contributed by atoms with Gasteiger partial charge < -0.3 is 25.4 Å². The Balaban J connectivity index is 1.17. The molecule has 4 atom stereocenters. The number of anilines is 2. The van der Waals surface area contributed by atoms with Gasteiger partial charge >= 0.3 is 6.01 Å². The van der Waals surface area contributed by atoms with Gasteiger partial charge in [0.1, 0.15) is 11.3 Å². The Labute approximate surface area is 255 Å². The number of aromatic nitrogens is 2. The van der Waals surface area contributed by atoms with Crippen LogP contribution in [0.5, 0.6) is 6.01 Å². The van der Waals surface area contributed by atoms with Crippen LogP contribution in [-0.2, 0) is 4.74 Å². The number of nitrogens with zero attached hydrogens (tertiary/aromatic N) is 4. The summed E-state index contributed by atoms with van der Waals surface area (Å²) in [4.78, 5) is 14.3. The van der Waals surface area contributed by atoms with Gasteiger partial charge in [-0.3, -0.25) is 4.90 Å². The van der Waals surface area contributed by atoms with E-state index in [0.29, 0.717) is 58.3 Å². The van der Waals surface area contributed by atoms with E-state index in [0.717, 1.165) is 62.9 Å². The molecule has 43 heavy (non-hydrogen) atoms. The summed E-state index contributed by atoms with van der Waals surface area (Å²) in [5.41, 5.74) is 7.95. The molecule has 5 heterocycles. The van der Waals surface area contributed by atoms with Crippen LogP contribution in [0.1, 0.15) is 32.1 Å². The Hall–Kier alpha value is -3.24. The van der Waals surface area contributed by atoms with E-state index in [2.05, 4.69) is 20.1 Å². The third-order valence-corrected chi connectivity index (χ3v) is 9.99. The molecule has 4 saturated heterocycles. The lowest BCUT2D eigenvalue weighted by Crippen LogP contribution is -2.51. The number of rotatable bonds is 7. The molecule has 10 heteroatoms. The number of benzene rings is 3. The summed E-state index contributed by atoms with van der Waals surface area (Å²) >= 11 is 6.91. The molecule has 0 radical (unpaired) electrons. The molecule has 224 valence electrons. The summed E-state index contributed by atoms with van der Waals surface area (Å²) in [5, 5.41) is 6.37. The van der Waals surface area contributed by atoms with Crippen molar-refractivity contribution in [1.29, 1.82) is 0 Å². The van der Waals surface area contributed by atoms with Gasteiger partial charge in [-0.15, -0.1) is 0 Å². The quantitative estimate of drug-likeness (QED) is 0.215. The van der Waals surface area contributed by atoms with Gasteiger partial charge in [0.25, 0.3) is 0 Å². The number of nitrogens with two attached hydrogens (primary N) is 1. The summed E-state index contributed by atoms with van der Waals surface area (Å²) in [6.07, 6.45) is 5.48. The summed E-state index contributed by atoms with van der Waals surface area (Å²) in [6, 6.07) is 15.3. The van der Waals surface area contributed by atoms with Crippen molar-refractivity contribution in [3.05, 3.63) is 53.3 Å². The highest BCUT2D eigenvalue weighted by Gasteiger charge is 2.37. The van der Waals surface area contributed by atoms with Crippen LogP contribution in [0, 0.1) is 5.82 Å². The number of halogens is 2. The van der Waals surface area contributed by atoms with Crippen molar-refractivity contribution in [2.75, 3.05) is 50.1 Å². The lowest BCUT2D eigenvalue weighted by Gasteiger charge is -2.34. The van der Waals surface area contributed by atoms with Crippen molar-refractivity contribution < 1.29 is 13.9 Å². The highest BCUT2D eigenvalue weighted by atomic mass is 35.5. The number of hydrogen-bond donors (Lipinski definition) is 2. The predicted molar refractivity (Wildman–Crippen MR) is 168 cm³/mol. The molecular weight excluding hydrogens is 567 g/mol. The van der Waals surface area contributed by atoms with Gasteiger partial charge in [0.2, 0.25) is 0 Å². The number of nitrogen functional groups attached to an aromatic ring is 1. The summed E-state index contributed by atoms with van der Waals surface area (Å²) < 4.78 is 28.7. The fourth-order valence-electron chi connectivity index (χ4n) is 7.71. The van der Waals surface area contributed by atoms with Crippen LogP contribution in [0.25, 0.3) is 32.8 Å². The Kier molecular flexibility index (Phi) is 7.01. The molecule has 0 amide bonds. The lowest BCUT2D eigenvalue weighted by atomic mass is 9.96. The number of nitrogens with one attached hydrogen (secondary N) is 1. The average Bonchev–Trinajstić information content (AvgIpc) is 3.45. The summed E-state index contributed by atoms with van der Waals surface area (Å²) in [7, 11) is 0. The van der Waals surface area contributed by atoms with E-state index in [1.807, 2.05) is 36.4 Å². The zero-order valence-electron chi connectivity index (χ0n) is 24.1. The second-order valence-electron chi connectivity index (χ2n) is 12.5. The van der Waals surface area contributed by atoms with Gasteiger partial charge in [-0.1, -0.05) is 35.9 Å². The Morgan fingerprint density at radius 1 is 1.00 bits per heavy atom. The van der Waals surface area contributed by atoms with Gasteiger partial charge in [0.05, 0.1) is 24.8 Å². The molecule has 8 rings (SSSR count). The fraction of sp³-hybridized carbons (Fsp3) is 0.455. The van der Waals surface area contributed by atoms with Crippen molar-refractivity contribution in [2.24, 2.45) is 0 Å². The molecule has 0 aliphatic carbocycles. The minimum Gasteiger partial charge on any atom is -0.463 e. The fourth-order valence-corrected chi connectivity index (χ4v) is 8.01. The Morgan fingerprint density at radius 3 is 2.56 bits per heavy atom. The normalized spacial score (nSPS) is 25.2. The van der Waals surface area contributed by atoms with E-state index in [1.54, 1.807) is 6.07 Å². The maximum atomic E-state index is 16.8. The summed E-state index contributed by atoms with van der Waals surface area (Å²) in [5.74, 6) is 0.184. The first-order valence-corrected chi connectivity index (χ1v) is 15.9. The van der Waals surface area contributed by atoms with Crippen LogP contribution >= 0.6 is 11.6 Å². The number of morpholine rings is 1. The number of ether oxygens (including phenoxy) is 2. The minimum absolute atomic E-state index is 0.197. The van der Waals surface area contributed by atoms with Crippen LogP contribution in [0.2, 0.25) is 5.02 Å². The topological polar surface area (TPSA) is 88.8 Å². The largest absolute Gasteiger partial charge is 0.463 e. The van der Waals surface area contributed by atoms with Gasteiger partial charge in [-0.2, -0.15) is 9.97 Å². The monoisotopic (exact) mass is 602 g/mol. The maximum absolute atomic E-state index is 16.8. The zero-order valence-corrected chi connectivity index (χ0v) is 24.8. The van der Waals surface area contributed by atoms with E-state index in [-0.39, 0.29) is 17.1 Å². The molecular formula is C33H36ClFN6O2. The number of fused-ring (bicyclic) bond motifs is 6. The minimum atomic E-state index is -0.491. The first kappa shape index (κ1) is 27.3. The SMILES string of the molecule is Nc1cc(-c2c(Cl)cc3c(N4CC5CCC(C4)N5)nc(OCCCN4C5CCC4COC5)nc3c2F)c2ccccc2c1. The van der Waals surface area contributed by atoms with Crippen LogP contribution in [0.15, 0.2) is 42.5 Å². The molecule has 3 aromatic carbocycles. The highest BCUT2D eigenvalue weighted by molar-refractivity contribution is 6.35. The molecule has 4 aliphatic rings. The van der Waals surface area contributed by atoms with Crippen LogP contribution in [-0.4, -0.2) is 78.5 Å². The van der Waals surface area contributed by atoms with Gasteiger partial charge in [-0.05, 0) is 66.6 Å². The zero-order chi connectivity index (χ0) is 29.1. The average molecular weight is 603 g/mol. The van der Waals surface area contributed by atoms with E-state index < -0.39 is 5.82 Å². The summed E-state index contributed by atoms with van der Waals surface area (Å²) in [6.45, 7) is 4.61. The second kappa shape index (κ2) is 11.0. The molecule has 8 nitrogen and oxygen atoms in total. The first-order chi connectivity index (χ1) is 21.0. The molecule has 0 spiro atoms. The standard InChI is InChI=1S/C33H36ClFN6O2/c34-28-14-27-31(30(35)29(28)26-13-20(36)12-19-4-1-2-5-25(19)26)38-33(39-32(27)40-15-21-6-7-22(16-40)37-21)43-11-3-10-41-23-8-9-24(41)18-42-17-23/h1-2,4-5,12-14,21-24,37H,3,6-11,15-18,36H2. The molecule has 4 unspecified atom stereocenters. The van der Waals surface area contributed by atoms with E-state index in [4.69, 9.17) is 31.8 Å². The van der Waals surface area contributed by atoms with Crippen molar-refractivity contribution in [3.63, 3.8) is 0 Å². The molecule has 4 bridgehead atoms. The van der Waals surface area contributed by atoms with Gasteiger partial charge in [-0.25, -0.2) is 4.39 Å². The van der Waals surface area contributed by atoms with Gasteiger partial charge in [0.15, 0.2) is 5.82 Å². The molecule has 4 aliphatic heterocycles. The second-order valence-corrected chi connectivity index (χ2v) is 12.9. The van der Waals surface area contributed by atoms with Crippen molar-refractivity contribution in [2.45, 2.75) is 56.3 Å². The third kappa shape index (κ3) is 4.96. The number of hydrogen-bond acceptors (Lipinski definition) is 8. The van der Waals surface area contributed by atoms with Gasteiger partial charge in [0, 0.05) is 60.4 Å². The molecule has 0 saturated carbocycles. The maximum Gasteiger partial charge on any atom is 0.319 e. The van der Waals surface area contributed by atoms with Crippen molar-refractivity contribution in [3.8, 4) is 17.1 Å². The van der Waals surface area contributed by atoms with Crippen molar-refractivity contribution >= 4 is 44.8 Å². The highest BCUT2D eigenvalue weighted by Crippen LogP contribution is 2.42. The van der Waals surface area contributed by atoms with Crippen LogP contribution < -0.4 is 20.7 Å². The van der Waals surface area contributed by atoms with Crippen LogP contribution in [0.4, 0.5) is 15.9 Å². The smallest absolute Gasteiger partial charge is 0.319 e. The predicted octanol–water partition coefficient (Wildman–Crippen LogP) is 5.40. The number of piperazine rings is 1. The van der Waals surface area contributed by atoms with E-state index in [1.165, 1.54) is 12.8 Å². The van der Waals surface area contributed by atoms with Crippen LogP contribution in [0.3, 0.4) is 0 Å². The van der Waals surface area contributed by atoms with E-state index >= 15 is 4.39 Å². The Morgan fingerprint density at radius 2 is 1.77 bits per heavy atom. The lowest BCUT2D eigenvalue weighted by molar-refractivity contribution is -0.0161. The molecule has 4 fully saturated rings. The molecule has 1 aromatic heterocycles. The Bertz CT molecular complexity index is 1680. The third-order valence-electron chi connectivity index (χ3n) is 9.70. The van der Waals surface area contributed by atoms with E-state index in [9.17, 15) is 0 Å². The molecule has 3 N–H and O–H groups in total. The van der Waals surface area contributed by atoms with Crippen molar-refractivity contribution in [1.82, 2.24) is 20.2 Å². The molecule has 4 aromatic rings.